The summed E-state index contributed by atoms with van der Waals surface area (Å²) in [7, 11) is 0. The summed E-state index contributed by atoms with van der Waals surface area (Å²) < 4.78 is 6.50. The van der Waals surface area contributed by atoms with E-state index in [4.69, 9.17) is 10.2 Å². The lowest BCUT2D eigenvalue weighted by molar-refractivity contribution is 0.505. The third-order valence-corrected chi connectivity index (χ3v) is 3.34. The van der Waals surface area contributed by atoms with Gasteiger partial charge in [-0.1, -0.05) is 35.0 Å². The number of hydrogen-bond donors (Lipinski definition) is 1. The molecule has 2 N–H and O–H groups in total. The second kappa shape index (κ2) is 5.52. The summed E-state index contributed by atoms with van der Waals surface area (Å²) in [5.41, 5.74) is 8.57. The van der Waals surface area contributed by atoms with Crippen LogP contribution in [0.1, 0.15) is 29.9 Å². The molecule has 1 unspecified atom stereocenters. The van der Waals surface area contributed by atoms with Crippen molar-refractivity contribution in [1.82, 2.24) is 0 Å². The zero-order chi connectivity index (χ0) is 12.3. The van der Waals surface area contributed by atoms with Gasteiger partial charge in [0, 0.05) is 22.5 Å². The van der Waals surface area contributed by atoms with Gasteiger partial charge < -0.3 is 10.2 Å². The van der Waals surface area contributed by atoms with E-state index in [1.54, 1.807) is 6.26 Å². The first-order valence-electron chi connectivity index (χ1n) is 5.77. The lowest BCUT2D eigenvalue weighted by Crippen LogP contribution is -2.14. The van der Waals surface area contributed by atoms with E-state index >= 15 is 0 Å². The van der Waals surface area contributed by atoms with Gasteiger partial charge in [-0.2, -0.15) is 0 Å². The molecule has 1 heterocycles. The molecule has 2 rings (SSSR count). The Bertz CT molecular complexity index is 492. The third kappa shape index (κ3) is 2.99. The lowest BCUT2D eigenvalue weighted by Gasteiger charge is -2.11. The zero-order valence-electron chi connectivity index (χ0n) is 9.82. The molecule has 0 bridgehead atoms. The van der Waals surface area contributed by atoms with Crippen LogP contribution >= 0.6 is 15.9 Å². The summed E-state index contributed by atoms with van der Waals surface area (Å²) in [6, 6.07) is 10.2. The van der Waals surface area contributed by atoms with Crippen LogP contribution in [0.5, 0.6) is 0 Å². The highest BCUT2D eigenvalue weighted by Crippen LogP contribution is 2.22. The van der Waals surface area contributed by atoms with Crippen molar-refractivity contribution in [2.24, 2.45) is 5.73 Å². The highest BCUT2D eigenvalue weighted by Gasteiger charge is 2.13. The highest BCUT2D eigenvalue weighted by atomic mass is 79.9. The molecular weight excluding hydrogens is 278 g/mol. The van der Waals surface area contributed by atoms with Crippen LogP contribution in [-0.4, -0.2) is 0 Å². The van der Waals surface area contributed by atoms with E-state index in [-0.39, 0.29) is 6.04 Å². The van der Waals surface area contributed by atoms with Gasteiger partial charge in [-0.3, -0.25) is 0 Å². The third-order valence-electron chi connectivity index (χ3n) is 2.85. The minimum absolute atomic E-state index is 0.00185. The van der Waals surface area contributed by atoms with Gasteiger partial charge in [-0.15, -0.1) is 0 Å². The predicted molar refractivity (Wildman–Crippen MR) is 72.9 cm³/mol. The highest BCUT2D eigenvalue weighted by molar-refractivity contribution is 9.10. The Labute approximate surface area is 110 Å². The van der Waals surface area contributed by atoms with Crippen LogP contribution in [-0.2, 0) is 12.8 Å². The molecule has 1 aromatic heterocycles. The Balaban J connectivity index is 2.14. The largest absolute Gasteiger partial charge is 0.469 e. The standard InChI is InChI=1S/C14H16BrNO/c1-2-14-12(6-7-17-14)13(16)9-10-4-3-5-11(15)8-10/h3-8,13H,2,9,16H2,1H3. The fourth-order valence-corrected chi connectivity index (χ4v) is 2.44. The molecule has 1 aromatic carbocycles. The zero-order valence-corrected chi connectivity index (χ0v) is 11.4. The Hall–Kier alpha value is -1.06. The second-order valence-electron chi connectivity index (χ2n) is 4.09. The average Bonchev–Trinajstić information content (AvgIpc) is 2.77. The molecule has 0 saturated carbocycles. The summed E-state index contributed by atoms with van der Waals surface area (Å²) in [4.78, 5) is 0. The van der Waals surface area contributed by atoms with Crippen LogP contribution in [0.3, 0.4) is 0 Å². The van der Waals surface area contributed by atoms with Crippen molar-refractivity contribution in [2.45, 2.75) is 25.8 Å². The molecule has 0 aliphatic heterocycles. The lowest BCUT2D eigenvalue weighted by atomic mass is 9.99. The average molecular weight is 294 g/mol. The molecule has 2 nitrogen and oxygen atoms in total. The topological polar surface area (TPSA) is 39.2 Å². The number of aryl methyl sites for hydroxylation is 1. The minimum Gasteiger partial charge on any atom is -0.469 e. The molecule has 0 aliphatic rings. The van der Waals surface area contributed by atoms with Crippen molar-refractivity contribution >= 4 is 15.9 Å². The number of nitrogens with two attached hydrogens (primary N) is 1. The summed E-state index contributed by atoms with van der Waals surface area (Å²) in [6.07, 6.45) is 3.43. The van der Waals surface area contributed by atoms with E-state index in [1.807, 2.05) is 18.2 Å². The summed E-state index contributed by atoms with van der Waals surface area (Å²) in [6.45, 7) is 2.08. The van der Waals surface area contributed by atoms with Crippen LogP contribution in [0.2, 0.25) is 0 Å². The quantitative estimate of drug-likeness (QED) is 0.930. The first kappa shape index (κ1) is 12.4. The van der Waals surface area contributed by atoms with E-state index in [9.17, 15) is 0 Å². The maximum atomic E-state index is 6.22. The van der Waals surface area contributed by atoms with Crippen LogP contribution in [0.15, 0.2) is 45.5 Å². The molecule has 0 spiro atoms. The van der Waals surface area contributed by atoms with Crippen molar-refractivity contribution in [2.75, 3.05) is 0 Å². The summed E-state index contributed by atoms with van der Waals surface area (Å²) in [5, 5.41) is 0. The molecule has 2 aromatic rings. The van der Waals surface area contributed by atoms with Gasteiger partial charge in [0.2, 0.25) is 0 Å². The number of furan rings is 1. The van der Waals surface area contributed by atoms with Crippen LogP contribution in [0.4, 0.5) is 0 Å². The van der Waals surface area contributed by atoms with Crippen molar-refractivity contribution in [3.05, 3.63) is 58.0 Å². The Kier molecular flexibility index (Phi) is 4.02. The van der Waals surface area contributed by atoms with Gasteiger partial charge in [-0.25, -0.2) is 0 Å². The van der Waals surface area contributed by atoms with Crippen LogP contribution in [0, 0.1) is 0 Å². The fraction of sp³-hybridized carbons (Fsp3) is 0.286. The number of halogens is 1. The van der Waals surface area contributed by atoms with Crippen molar-refractivity contribution < 1.29 is 4.42 Å². The van der Waals surface area contributed by atoms with Crippen molar-refractivity contribution in [3.63, 3.8) is 0 Å². The molecule has 1 atom stereocenters. The Morgan fingerprint density at radius 2 is 2.18 bits per heavy atom. The molecule has 0 aliphatic carbocycles. The van der Waals surface area contributed by atoms with Gasteiger partial charge in [-0.05, 0) is 30.2 Å². The molecular formula is C14H16BrNO. The smallest absolute Gasteiger partial charge is 0.108 e. The number of rotatable bonds is 4. The maximum Gasteiger partial charge on any atom is 0.108 e. The Morgan fingerprint density at radius 1 is 1.35 bits per heavy atom. The SMILES string of the molecule is CCc1occc1C(N)Cc1cccc(Br)c1. The van der Waals surface area contributed by atoms with Crippen LogP contribution in [0.25, 0.3) is 0 Å². The van der Waals surface area contributed by atoms with Gasteiger partial charge in [0.05, 0.1) is 6.26 Å². The normalized spacial score (nSPS) is 12.6. The summed E-state index contributed by atoms with van der Waals surface area (Å²) in [5.74, 6) is 0.993. The molecule has 0 radical (unpaired) electrons. The molecule has 0 amide bonds. The van der Waals surface area contributed by atoms with E-state index in [1.165, 1.54) is 5.56 Å². The van der Waals surface area contributed by atoms with Crippen LogP contribution < -0.4 is 5.73 Å². The molecule has 90 valence electrons. The molecule has 3 heteroatoms. The van der Waals surface area contributed by atoms with E-state index in [2.05, 4.69) is 35.0 Å². The van der Waals surface area contributed by atoms with E-state index in [0.717, 1.165) is 28.6 Å². The van der Waals surface area contributed by atoms with Crippen molar-refractivity contribution in [3.8, 4) is 0 Å². The van der Waals surface area contributed by atoms with Gasteiger partial charge in [0.25, 0.3) is 0 Å². The predicted octanol–water partition coefficient (Wildman–Crippen LogP) is 3.85. The minimum atomic E-state index is -0.00185. The fourth-order valence-electron chi connectivity index (χ4n) is 2.00. The molecule has 17 heavy (non-hydrogen) atoms. The molecule has 0 saturated heterocycles. The number of hydrogen-bond acceptors (Lipinski definition) is 2. The first-order valence-corrected chi connectivity index (χ1v) is 6.56. The van der Waals surface area contributed by atoms with Gasteiger partial charge >= 0.3 is 0 Å². The number of benzene rings is 1. The van der Waals surface area contributed by atoms with Crippen molar-refractivity contribution in [1.29, 1.82) is 0 Å². The Morgan fingerprint density at radius 3 is 2.88 bits per heavy atom. The molecule has 0 fully saturated rings. The van der Waals surface area contributed by atoms with E-state index in [0.29, 0.717) is 0 Å². The second-order valence-corrected chi connectivity index (χ2v) is 5.01. The van der Waals surface area contributed by atoms with Gasteiger partial charge in [0.15, 0.2) is 0 Å². The first-order chi connectivity index (χ1) is 8.20. The van der Waals surface area contributed by atoms with Gasteiger partial charge in [0.1, 0.15) is 5.76 Å². The summed E-state index contributed by atoms with van der Waals surface area (Å²) >= 11 is 3.47. The monoisotopic (exact) mass is 293 g/mol. The van der Waals surface area contributed by atoms with E-state index < -0.39 is 0 Å². The maximum absolute atomic E-state index is 6.22.